The van der Waals surface area contributed by atoms with Crippen molar-refractivity contribution in [2.45, 2.75) is 58.3 Å². The van der Waals surface area contributed by atoms with E-state index in [1.165, 1.54) is 51.0 Å². The average Bonchev–Trinajstić information content (AvgIpc) is 2.35. The van der Waals surface area contributed by atoms with Crippen molar-refractivity contribution in [2.24, 2.45) is 0 Å². The summed E-state index contributed by atoms with van der Waals surface area (Å²) in [5, 5.41) is 0. The van der Waals surface area contributed by atoms with Crippen LogP contribution in [0.1, 0.15) is 58.3 Å². The molecule has 0 radical (unpaired) electrons. The van der Waals surface area contributed by atoms with Gasteiger partial charge in [0.1, 0.15) is 11.9 Å². The molecule has 0 atom stereocenters. The fourth-order valence-electron chi connectivity index (χ4n) is 1.55. The zero-order chi connectivity index (χ0) is 12.8. The molecule has 0 aromatic rings. The predicted octanol–water partition coefficient (Wildman–Crippen LogP) is 4.94. The van der Waals surface area contributed by atoms with Crippen LogP contribution < -0.4 is 0 Å². The van der Waals surface area contributed by atoms with Gasteiger partial charge in [-0.2, -0.15) is 0 Å². The lowest BCUT2D eigenvalue weighted by Gasteiger charge is -1.98. The minimum absolute atomic E-state index is 0.535. The van der Waals surface area contributed by atoms with Gasteiger partial charge in [0.2, 0.25) is 0 Å². The van der Waals surface area contributed by atoms with Crippen LogP contribution in [-0.4, -0.2) is 5.97 Å². The van der Waals surface area contributed by atoms with Gasteiger partial charge >= 0.3 is 5.97 Å². The van der Waals surface area contributed by atoms with E-state index in [0.29, 0.717) is 0 Å². The first-order chi connectivity index (χ1) is 8.31. The fraction of sp³-hybridized carbons (Fsp3) is 0.643. The van der Waals surface area contributed by atoms with Crippen molar-refractivity contribution in [1.29, 1.82) is 0 Å². The summed E-state index contributed by atoms with van der Waals surface area (Å²) in [6.07, 6.45) is 17.2. The van der Waals surface area contributed by atoms with Crippen LogP contribution in [0.25, 0.3) is 0 Å². The largest absolute Gasteiger partial charge is 0.349 e. The molecule has 0 unspecified atom stereocenters. The zero-order valence-electron chi connectivity index (χ0n) is 10.7. The third kappa shape index (κ3) is 13.2. The Hall–Kier alpha value is -0.760. The first-order valence-corrected chi connectivity index (χ1v) is 6.78. The number of hydrogen-bond acceptors (Lipinski definition) is 2. The molecule has 0 bridgehead atoms. The Morgan fingerprint density at radius 3 is 2.35 bits per heavy atom. The monoisotopic (exact) mass is 258 g/mol. The van der Waals surface area contributed by atoms with Gasteiger partial charge in [-0.15, -0.1) is 0 Å². The molecule has 98 valence electrons. The molecule has 0 aliphatic rings. The van der Waals surface area contributed by atoms with E-state index in [-0.39, 0.29) is 0 Å². The van der Waals surface area contributed by atoms with Crippen LogP contribution in [0.15, 0.2) is 24.3 Å². The highest BCUT2D eigenvalue weighted by Gasteiger charge is 1.90. The highest BCUT2D eigenvalue weighted by atomic mass is 35.5. The van der Waals surface area contributed by atoms with Gasteiger partial charge in [0.25, 0.3) is 0 Å². The van der Waals surface area contributed by atoms with Crippen molar-refractivity contribution in [3.63, 3.8) is 0 Å². The molecule has 0 aromatic heterocycles. The second kappa shape index (κ2) is 13.3. The average molecular weight is 259 g/mol. The fourth-order valence-corrected chi connectivity index (χ4v) is 1.61. The summed E-state index contributed by atoms with van der Waals surface area (Å²) in [6, 6.07) is 0. The van der Waals surface area contributed by atoms with Crippen LogP contribution >= 0.6 is 11.9 Å². The molecule has 3 heteroatoms. The van der Waals surface area contributed by atoms with E-state index in [0.717, 1.165) is 6.42 Å². The molecule has 0 saturated heterocycles. The number of allylic oxidation sites excluding steroid dienone is 3. The van der Waals surface area contributed by atoms with Gasteiger partial charge in [-0.25, -0.2) is 4.79 Å². The summed E-state index contributed by atoms with van der Waals surface area (Å²) < 4.78 is 3.95. The Balaban J connectivity index is 3.25. The van der Waals surface area contributed by atoms with Crippen LogP contribution in [0.5, 0.6) is 0 Å². The zero-order valence-corrected chi connectivity index (χ0v) is 11.4. The van der Waals surface area contributed by atoms with Gasteiger partial charge in [-0.3, -0.25) is 0 Å². The van der Waals surface area contributed by atoms with Gasteiger partial charge in [-0.05, 0) is 12.8 Å². The molecule has 0 heterocycles. The van der Waals surface area contributed by atoms with Crippen molar-refractivity contribution < 1.29 is 9.08 Å². The molecule has 17 heavy (non-hydrogen) atoms. The maximum absolute atomic E-state index is 10.6. The molecule has 0 saturated carbocycles. The predicted molar refractivity (Wildman–Crippen MR) is 72.8 cm³/mol. The summed E-state index contributed by atoms with van der Waals surface area (Å²) in [5.74, 6) is -0.535. The normalized spacial score (nSPS) is 11.4. The number of unbranched alkanes of at least 4 members (excludes halogenated alkanes) is 7. The van der Waals surface area contributed by atoms with Crippen molar-refractivity contribution in [3.8, 4) is 0 Å². The van der Waals surface area contributed by atoms with E-state index in [1.54, 1.807) is 6.08 Å². The standard InChI is InChI=1S/C14H23ClO2/c1-2-3-4-5-6-7-8-9-10-11-12-13-14(16)17-15/h10-13H,2-9H2,1H3/b11-10+,13-12+. The van der Waals surface area contributed by atoms with Crippen molar-refractivity contribution >= 4 is 17.8 Å². The molecular formula is C14H23ClO2. The summed E-state index contributed by atoms with van der Waals surface area (Å²) in [5.41, 5.74) is 0. The lowest BCUT2D eigenvalue weighted by atomic mass is 10.1. The van der Waals surface area contributed by atoms with Crippen molar-refractivity contribution in [2.75, 3.05) is 0 Å². The Morgan fingerprint density at radius 2 is 1.71 bits per heavy atom. The SMILES string of the molecule is CCCCCCCCC/C=C/C=C/C(=O)OCl. The second-order valence-electron chi connectivity index (χ2n) is 4.09. The first kappa shape index (κ1) is 16.2. The molecule has 0 aromatic carbocycles. The molecule has 0 rings (SSSR count). The Labute approximate surface area is 110 Å². The van der Waals surface area contributed by atoms with E-state index in [1.807, 2.05) is 6.08 Å². The molecule has 0 spiro atoms. The number of hydrogen-bond donors (Lipinski definition) is 0. The van der Waals surface area contributed by atoms with E-state index >= 15 is 0 Å². The summed E-state index contributed by atoms with van der Waals surface area (Å²) >= 11 is 4.86. The molecular weight excluding hydrogens is 236 g/mol. The van der Waals surface area contributed by atoms with Gasteiger partial charge in [-0.1, -0.05) is 63.7 Å². The summed E-state index contributed by atoms with van der Waals surface area (Å²) in [6.45, 7) is 2.23. The molecule has 0 N–H and O–H groups in total. The van der Waals surface area contributed by atoms with Crippen LogP contribution in [0, 0.1) is 0 Å². The van der Waals surface area contributed by atoms with E-state index < -0.39 is 5.97 Å². The second-order valence-corrected chi connectivity index (χ2v) is 4.25. The highest BCUT2D eigenvalue weighted by molar-refractivity contribution is 6.14. The lowest BCUT2D eigenvalue weighted by molar-refractivity contribution is -0.128. The van der Waals surface area contributed by atoms with Crippen LogP contribution in [0.4, 0.5) is 0 Å². The van der Waals surface area contributed by atoms with Crippen LogP contribution in [-0.2, 0) is 9.08 Å². The molecule has 0 aliphatic carbocycles. The van der Waals surface area contributed by atoms with Crippen LogP contribution in [0.2, 0.25) is 0 Å². The van der Waals surface area contributed by atoms with Crippen molar-refractivity contribution in [3.05, 3.63) is 24.3 Å². The summed E-state index contributed by atoms with van der Waals surface area (Å²) in [7, 11) is 0. The van der Waals surface area contributed by atoms with Gasteiger partial charge in [0.15, 0.2) is 0 Å². The van der Waals surface area contributed by atoms with E-state index in [2.05, 4.69) is 17.3 Å². The van der Waals surface area contributed by atoms with E-state index in [4.69, 9.17) is 11.9 Å². The highest BCUT2D eigenvalue weighted by Crippen LogP contribution is 2.08. The van der Waals surface area contributed by atoms with Crippen molar-refractivity contribution in [1.82, 2.24) is 0 Å². The number of rotatable bonds is 10. The minimum Gasteiger partial charge on any atom is -0.344 e. The Kier molecular flexibility index (Phi) is 12.7. The van der Waals surface area contributed by atoms with Crippen LogP contribution in [0.3, 0.4) is 0 Å². The maximum atomic E-state index is 10.6. The third-order valence-corrected chi connectivity index (χ3v) is 2.68. The summed E-state index contributed by atoms with van der Waals surface area (Å²) in [4.78, 5) is 10.6. The Bertz CT molecular complexity index is 234. The number of carbonyl (C=O) groups is 1. The smallest absolute Gasteiger partial charge is 0.344 e. The molecule has 0 amide bonds. The minimum atomic E-state index is -0.535. The number of carbonyl (C=O) groups excluding carboxylic acids is 1. The molecule has 0 fully saturated rings. The first-order valence-electron chi connectivity index (χ1n) is 6.47. The number of halogens is 1. The lowest BCUT2D eigenvalue weighted by Crippen LogP contribution is -1.87. The van der Waals surface area contributed by atoms with Gasteiger partial charge in [0.05, 0.1) is 0 Å². The van der Waals surface area contributed by atoms with Gasteiger partial charge in [0, 0.05) is 6.08 Å². The Morgan fingerprint density at radius 1 is 1.06 bits per heavy atom. The topological polar surface area (TPSA) is 26.3 Å². The van der Waals surface area contributed by atoms with Gasteiger partial charge < -0.3 is 4.29 Å². The molecule has 2 nitrogen and oxygen atoms in total. The van der Waals surface area contributed by atoms with E-state index in [9.17, 15) is 4.79 Å². The molecule has 0 aliphatic heterocycles. The quantitative estimate of drug-likeness (QED) is 0.315. The third-order valence-electron chi connectivity index (χ3n) is 2.53. The maximum Gasteiger partial charge on any atom is 0.349 e.